The number of hydrogen-bond acceptors (Lipinski definition) is 3. The smallest absolute Gasteiger partial charge is 0.150 e. The largest absolute Gasteiger partial charge is 0.312 e. The van der Waals surface area contributed by atoms with Crippen molar-refractivity contribution in [2.75, 3.05) is 18.1 Å². The summed E-state index contributed by atoms with van der Waals surface area (Å²) in [6.07, 6.45) is 6.52. The first kappa shape index (κ1) is 20.9. The van der Waals surface area contributed by atoms with Gasteiger partial charge < -0.3 is 5.32 Å². The second-order valence-electron chi connectivity index (χ2n) is 7.40. The minimum absolute atomic E-state index is 0.113. The Balaban J connectivity index is 4.69. The molecule has 0 spiro atoms. The topological polar surface area (TPSA) is 46.2 Å². The Labute approximate surface area is 133 Å². The van der Waals surface area contributed by atoms with Gasteiger partial charge in [0.25, 0.3) is 0 Å². The van der Waals surface area contributed by atoms with Crippen molar-refractivity contribution in [1.82, 2.24) is 5.32 Å². The molecule has 3 nitrogen and oxygen atoms in total. The Morgan fingerprint density at radius 1 is 0.952 bits per heavy atom. The zero-order valence-electron chi connectivity index (χ0n) is 15.1. The SMILES string of the molecule is CCCCC(CC)(CCCS(=O)(=O)CC)CNC(C)(C)C. The molecule has 0 saturated heterocycles. The molecule has 0 bridgehead atoms. The van der Waals surface area contributed by atoms with E-state index in [1.807, 2.05) is 0 Å². The van der Waals surface area contributed by atoms with Crippen LogP contribution in [-0.4, -0.2) is 32.0 Å². The molecule has 0 aliphatic carbocycles. The summed E-state index contributed by atoms with van der Waals surface area (Å²) in [5.41, 5.74) is 0.356. The van der Waals surface area contributed by atoms with Gasteiger partial charge in [0.05, 0.1) is 5.75 Å². The van der Waals surface area contributed by atoms with E-state index in [0.29, 0.717) is 5.75 Å². The van der Waals surface area contributed by atoms with Crippen LogP contribution in [-0.2, 0) is 9.84 Å². The zero-order chi connectivity index (χ0) is 16.6. The van der Waals surface area contributed by atoms with Crippen molar-refractivity contribution in [2.45, 2.75) is 85.6 Å². The van der Waals surface area contributed by atoms with Gasteiger partial charge in [-0.15, -0.1) is 0 Å². The van der Waals surface area contributed by atoms with Crippen molar-refractivity contribution in [3.63, 3.8) is 0 Å². The van der Waals surface area contributed by atoms with Crippen LogP contribution in [0.5, 0.6) is 0 Å². The Hall–Kier alpha value is -0.0900. The Kier molecular flexibility index (Phi) is 9.10. The van der Waals surface area contributed by atoms with E-state index in [-0.39, 0.29) is 16.7 Å². The second kappa shape index (κ2) is 9.14. The lowest BCUT2D eigenvalue weighted by Gasteiger charge is -2.36. The molecule has 0 aromatic heterocycles. The highest BCUT2D eigenvalue weighted by molar-refractivity contribution is 7.91. The molecular weight excluding hydrogens is 282 g/mol. The van der Waals surface area contributed by atoms with Crippen LogP contribution in [0.1, 0.15) is 80.1 Å². The van der Waals surface area contributed by atoms with Crippen molar-refractivity contribution in [3.05, 3.63) is 0 Å². The van der Waals surface area contributed by atoms with Gasteiger partial charge in [-0.1, -0.05) is 33.6 Å². The number of hydrogen-bond donors (Lipinski definition) is 1. The summed E-state index contributed by atoms with van der Waals surface area (Å²) < 4.78 is 23.4. The Morgan fingerprint density at radius 3 is 1.95 bits per heavy atom. The Bertz CT molecular complexity index is 371. The normalized spacial score (nSPS) is 15.9. The molecule has 0 aromatic carbocycles. The van der Waals surface area contributed by atoms with E-state index in [1.165, 1.54) is 19.3 Å². The summed E-state index contributed by atoms with van der Waals surface area (Å²) in [5.74, 6) is 0.605. The van der Waals surface area contributed by atoms with Gasteiger partial charge in [0.1, 0.15) is 9.84 Å². The van der Waals surface area contributed by atoms with Crippen LogP contribution < -0.4 is 5.32 Å². The first-order valence-corrected chi connectivity index (χ1v) is 10.4. The molecule has 0 heterocycles. The molecule has 1 N–H and O–H groups in total. The average Bonchev–Trinajstić information content (AvgIpc) is 2.40. The molecule has 0 aliphatic rings. The molecule has 4 heteroatoms. The number of unbranched alkanes of at least 4 members (excludes halogenated alkanes) is 1. The van der Waals surface area contributed by atoms with Gasteiger partial charge in [-0.25, -0.2) is 8.42 Å². The van der Waals surface area contributed by atoms with Crippen LogP contribution >= 0.6 is 0 Å². The van der Waals surface area contributed by atoms with Crippen molar-refractivity contribution in [1.29, 1.82) is 0 Å². The maximum absolute atomic E-state index is 11.7. The molecule has 0 amide bonds. The monoisotopic (exact) mass is 319 g/mol. The van der Waals surface area contributed by atoms with Crippen LogP contribution in [0.25, 0.3) is 0 Å². The highest BCUT2D eigenvalue weighted by atomic mass is 32.2. The van der Waals surface area contributed by atoms with E-state index in [4.69, 9.17) is 0 Å². The predicted octanol–water partition coefficient (Wildman–Crippen LogP) is 4.18. The van der Waals surface area contributed by atoms with Crippen LogP contribution in [0.4, 0.5) is 0 Å². The molecule has 0 radical (unpaired) electrons. The van der Waals surface area contributed by atoms with Gasteiger partial charge in [0.15, 0.2) is 0 Å². The third-order valence-corrected chi connectivity index (χ3v) is 6.20. The van der Waals surface area contributed by atoms with Crippen LogP contribution in [0.15, 0.2) is 0 Å². The second-order valence-corrected chi connectivity index (χ2v) is 9.87. The molecule has 1 atom stereocenters. The summed E-state index contributed by atoms with van der Waals surface area (Å²) in [6.45, 7) is 13.8. The minimum Gasteiger partial charge on any atom is -0.312 e. The van der Waals surface area contributed by atoms with Gasteiger partial charge in [-0.2, -0.15) is 0 Å². The molecule has 0 aliphatic heterocycles. The van der Waals surface area contributed by atoms with Gasteiger partial charge in [0, 0.05) is 17.8 Å². The average molecular weight is 320 g/mol. The van der Waals surface area contributed by atoms with E-state index in [1.54, 1.807) is 6.92 Å². The summed E-state index contributed by atoms with van der Waals surface area (Å²) in [4.78, 5) is 0. The minimum atomic E-state index is -2.83. The molecule has 0 saturated carbocycles. The zero-order valence-corrected chi connectivity index (χ0v) is 15.9. The van der Waals surface area contributed by atoms with Crippen molar-refractivity contribution < 1.29 is 8.42 Å². The van der Waals surface area contributed by atoms with Gasteiger partial charge >= 0.3 is 0 Å². The standard InChI is InChI=1S/C17H37NO2S/c1-7-10-12-17(8-2,15-18-16(4,5)6)13-11-14-21(19,20)9-3/h18H,7-15H2,1-6H3. The lowest BCUT2D eigenvalue weighted by atomic mass is 9.76. The van der Waals surface area contributed by atoms with Gasteiger partial charge in [-0.3, -0.25) is 0 Å². The van der Waals surface area contributed by atoms with Crippen LogP contribution in [0, 0.1) is 5.41 Å². The summed E-state index contributed by atoms with van der Waals surface area (Å²) in [7, 11) is -2.83. The van der Waals surface area contributed by atoms with Crippen molar-refractivity contribution >= 4 is 9.84 Å². The lowest BCUT2D eigenvalue weighted by molar-refractivity contribution is 0.190. The Morgan fingerprint density at radius 2 is 1.52 bits per heavy atom. The first-order chi connectivity index (χ1) is 9.60. The maximum atomic E-state index is 11.7. The van der Waals surface area contributed by atoms with Crippen LogP contribution in [0.2, 0.25) is 0 Å². The molecule has 0 aromatic rings. The number of rotatable bonds is 11. The van der Waals surface area contributed by atoms with E-state index in [0.717, 1.165) is 25.8 Å². The van der Waals surface area contributed by atoms with Gasteiger partial charge in [-0.05, 0) is 51.9 Å². The first-order valence-electron chi connectivity index (χ1n) is 8.55. The molecule has 0 rings (SSSR count). The highest BCUT2D eigenvalue weighted by Crippen LogP contribution is 2.34. The van der Waals surface area contributed by atoms with Crippen molar-refractivity contribution in [2.24, 2.45) is 5.41 Å². The molecule has 21 heavy (non-hydrogen) atoms. The molecular formula is C17H37NO2S. The summed E-state index contributed by atoms with van der Waals surface area (Å²) in [6, 6.07) is 0. The fourth-order valence-corrected chi connectivity index (χ4v) is 3.47. The fourth-order valence-electron chi connectivity index (χ4n) is 2.60. The predicted molar refractivity (Wildman–Crippen MR) is 93.6 cm³/mol. The number of sulfone groups is 1. The lowest BCUT2D eigenvalue weighted by Crippen LogP contribution is -2.44. The van der Waals surface area contributed by atoms with E-state index >= 15 is 0 Å². The number of nitrogens with one attached hydrogen (secondary N) is 1. The van der Waals surface area contributed by atoms with Crippen LogP contribution in [0.3, 0.4) is 0 Å². The molecule has 1 unspecified atom stereocenters. The van der Waals surface area contributed by atoms with Gasteiger partial charge in [0.2, 0.25) is 0 Å². The fraction of sp³-hybridized carbons (Fsp3) is 1.00. The third kappa shape index (κ3) is 9.51. The van der Waals surface area contributed by atoms with E-state index in [2.05, 4.69) is 39.9 Å². The van der Waals surface area contributed by atoms with Crippen molar-refractivity contribution in [3.8, 4) is 0 Å². The van der Waals surface area contributed by atoms with E-state index in [9.17, 15) is 8.42 Å². The maximum Gasteiger partial charge on any atom is 0.150 e. The molecule has 0 fully saturated rings. The summed E-state index contributed by atoms with van der Waals surface area (Å²) >= 11 is 0. The molecule has 128 valence electrons. The third-order valence-electron chi connectivity index (χ3n) is 4.41. The van der Waals surface area contributed by atoms with E-state index < -0.39 is 9.84 Å². The quantitative estimate of drug-likeness (QED) is 0.621. The highest BCUT2D eigenvalue weighted by Gasteiger charge is 2.29. The summed E-state index contributed by atoms with van der Waals surface area (Å²) in [5, 5.41) is 3.63.